The molecule has 1 aromatic heterocycles. The van der Waals surface area contributed by atoms with Gasteiger partial charge in [-0.2, -0.15) is 0 Å². The largest absolute Gasteiger partial charge is 0.348 e. The van der Waals surface area contributed by atoms with Crippen molar-refractivity contribution >= 4 is 29.4 Å². The first-order valence-corrected chi connectivity index (χ1v) is 10.1. The fraction of sp³-hybridized carbons (Fsp3) is 0.222. The van der Waals surface area contributed by atoms with E-state index >= 15 is 0 Å². The molecule has 0 aliphatic carbocycles. The number of nitrogens with zero attached hydrogens (tertiary/aromatic N) is 1. The van der Waals surface area contributed by atoms with Crippen molar-refractivity contribution in [3.8, 4) is 0 Å². The molecule has 0 saturated carbocycles. The second kappa shape index (κ2) is 4.64. The van der Waals surface area contributed by atoms with Crippen LogP contribution >= 0.6 is 0 Å². The number of fused-ring (bicyclic) bond motifs is 1. The number of hydrogen-bond acceptors (Lipinski definition) is 0. The van der Waals surface area contributed by atoms with E-state index in [-0.39, 0.29) is 0 Å². The van der Waals surface area contributed by atoms with Crippen LogP contribution in [0.3, 0.4) is 0 Å². The molecule has 0 amide bonds. The van der Waals surface area contributed by atoms with Crippen molar-refractivity contribution < 1.29 is 0 Å². The predicted octanol–water partition coefficient (Wildman–Crippen LogP) is 3.31. The van der Waals surface area contributed by atoms with E-state index in [0.29, 0.717) is 0 Å². The van der Waals surface area contributed by atoms with E-state index in [9.17, 15) is 0 Å². The molecule has 0 spiro atoms. The highest BCUT2D eigenvalue weighted by Gasteiger charge is 2.31. The molecule has 102 valence electrons. The Hall–Kier alpha value is -1.80. The lowest BCUT2D eigenvalue weighted by atomic mass is 10.2. The van der Waals surface area contributed by atoms with E-state index in [2.05, 4.69) is 86.2 Å². The van der Waals surface area contributed by atoms with Crippen LogP contribution in [0.2, 0.25) is 13.1 Å². The highest BCUT2D eigenvalue weighted by atomic mass is 28.3. The van der Waals surface area contributed by atoms with Crippen LogP contribution in [0.15, 0.2) is 54.6 Å². The molecular weight excluding hydrogens is 258 g/mol. The van der Waals surface area contributed by atoms with Crippen molar-refractivity contribution in [1.29, 1.82) is 0 Å². The van der Waals surface area contributed by atoms with Crippen molar-refractivity contribution in [3.05, 3.63) is 60.3 Å². The van der Waals surface area contributed by atoms with Gasteiger partial charge in [-0.05, 0) is 23.6 Å². The maximum absolute atomic E-state index is 2.46. The number of rotatable bonds is 2. The number of aromatic nitrogens is 1. The second-order valence-corrected chi connectivity index (χ2v) is 10.4. The van der Waals surface area contributed by atoms with Crippen LogP contribution in [0.25, 0.3) is 10.9 Å². The Morgan fingerprint density at radius 2 is 1.45 bits per heavy atom. The zero-order valence-corrected chi connectivity index (χ0v) is 13.6. The van der Waals surface area contributed by atoms with Crippen molar-refractivity contribution in [1.82, 2.24) is 4.57 Å². The molecule has 0 saturated heterocycles. The summed E-state index contributed by atoms with van der Waals surface area (Å²) in [4.78, 5) is 0. The van der Waals surface area contributed by atoms with Gasteiger partial charge in [0, 0.05) is 18.3 Å². The molecule has 0 N–H and O–H groups in total. The zero-order chi connectivity index (χ0) is 14.3. The van der Waals surface area contributed by atoms with E-state index in [0.717, 1.165) is 0 Å². The van der Waals surface area contributed by atoms with E-state index in [1.54, 1.807) is 5.19 Å². The van der Waals surface area contributed by atoms with E-state index in [1.165, 1.54) is 21.8 Å². The van der Waals surface area contributed by atoms with Crippen LogP contribution in [0.4, 0.5) is 0 Å². The van der Waals surface area contributed by atoms with Gasteiger partial charge in [-0.3, -0.25) is 0 Å². The summed E-state index contributed by atoms with van der Waals surface area (Å²) < 4.78 is 2.34. The van der Waals surface area contributed by atoms with Crippen LogP contribution < -0.4 is 10.4 Å². The topological polar surface area (TPSA) is 4.93 Å². The summed E-state index contributed by atoms with van der Waals surface area (Å²) in [7, 11) is 0.513. The van der Waals surface area contributed by atoms with Gasteiger partial charge in [-0.25, -0.2) is 0 Å². The van der Waals surface area contributed by atoms with Crippen molar-refractivity contribution in [2.24, 2.45) is 7.05 Å². The van der Waals surface area contributed by atoms with E-state index in [4.69, 9.17) is 0 Å². The van der Waals surface area contributed by atoms with Gasteiger partial charge in [0.1, 0.15) is 8.07 Å². The van der Waals surface area contributed by atoms with Crippen LogP contribution in [0.1, 0.15) is 5.69 Å². The van der Waals surface area contributed by atoms with Gasteiger partial charge in [-0.15, -0.1) is 0 Å². The Kier molecular flexibility index (Phi) is 3.06. The standard InChI is InChI=1S/C18H21NSi/c1-14-18(16-12-8-9-13-17(16)19(14)2)20(3,4)15-10-6-5-7-11-15/h5-13H,1-4H3. The first-order chi connectivity index (χ1) is 9.53. The van der Waals surface area contributed by atoms with Gasteiger partial charge >= 0.3 is 0 Å². The third kappa shape index (κ3) is 1.83. The molecule has 20 heavy (non-hydrogen) atoms. The molecule has 0 unspecified atom stereocenters. The third-order valence-corrected chi connectivity index (χ3v) is 8.18. The van der Waals surface area contributed by atoms with Crippen molar-refractivity contribution in [2.75, 3.05) is 0 Å². The first-order valence-electron chi connectivity index (χ1n) is 7.13. The lowest BCUT2D eigenvalue weighted by Crippen LogP contribution is -2.53. The van der Waals surface area contributed by atoms with Crippen LogP contribution in [0, 0.1) is 6.92 Å². The summed E-state index contributed by atoms with van der Waals surface area (Å²) in [6.07, 6.45) is 0. The minimum Gasteiger partial charge on any atom is -0.348 e. The Labute approximate surface area is 121 Å². The Balaban J connectivity index is 2.32. The molecule has 2 aromatic carbocycles. The number of para-hydroxylation sites is 1. The lowest BCUT2D eigenvalue weighted by Gasteiger charge is -2.24. The summed E-state index contributed by atoms with van der Waals surface area (Å²) in [5.74, 6) is 0. The molecule has 0 atom stereocenters. The lowest BCUT2D eigenvalue weighted by molar-refractivity contribution is 0.922. The Bertz CT molecular complexity index is 754. The number of benzene rings is 2. The minimum absolute atomic E-state index is 1.34. The molecule has 2 heteroatoms. The molecule has 0 radical (unpaired) electrons. The molecular formula is C18H21NSi. The van der Waals surface area contributed by atoms with Gasteiger partial charge in [0.05, 0.1) is 0 Å². The molecule has 1 heterocycles. The van der Waals surface area contributed by atoms with Gasteiger partial charge in [0.25, 0.3) is 0 Å². The number of aryl methyl sites for hydroxylation is 1. The zero-order valence-electron chi connectivity index (χ0n) is 12.6. The highest BCUT2D eigenvalue weighted by Crippen LogP contribution is 2.20. The third-order valence-electron chi connectivity index (χ3n) is 4.52. The maximum Gasteiger partial charge on any atom is 0.115 e. The molecule has 0 bridgehead atoms. The molecule has 0 fully saturated rings. The Morgan fingerprint density at radius 3 is 2.15 bits per heavy atom. The van der Waals surface area contributed by atoms with E-state index < -0.39 is 8.07 Å². The average molecular weight is 279 g/mol. The van der Waals surface area contributed by atoms with Crippen LogP contribution in [-0.2, 0) is 7.05 Å². The van der Waals surface area contributed by atoms with Crippen LogP contribution in [-0.4, -0.2) is 12.6 Å². The summed E-state index contributed by atoms with van der Waals surface area (Å²) >= 11 is 0. The predicted molar refractivity (Wildman–Crippen MR) is 90.8 cm³/mol. The molecule has 3 rings (SSSR count). The normalized spacial score (nSPS) is 12.0. The quantitative estimate of drug-likeness (QED) is 0.634. The number of hydrogen-bond donors (Lipinski definition) is 0. The van der Waals surface area contributed by atoms with Crippen molar-refractivity contribution in [3.63, 3.8) is 0 Å². The minimum atomic E-state index is -1.66. The fourth-order valence-electron chi connectivity index (χ4n) is 3.31. The van der Waals surface area contributed by atoms with Crippen molar-refractivity contribution in [2.45, 2.75) is 20.0 Å². The summed E-state index contributed by atoms with van der Waals surface area (Å²) in [6, 6.07) is 19.8. The molecule has 3 aromatic rings. The summed E-state index contributed by atoms with van der Waals surface area (Å²) in [6.45, 7) is 7.17. The van der Waals surface area contributed by atoms with Gasteiger partial charge < -0.3 is 4.57 Å². The average Bonchev–Trinajstić information content (AvgIpc) is 2.73. The fourth-order valence-corrected chi connectivity index (χ4v) is 6.58. The SMILES string of the molecule is Cc1c([Si](C)(C)c2ccccc2)c2ccccc2n1C. The monoisotopic (exact) mass is 279 g/mol. The van der Waals surface area contributed by atoms with E-state index in [1.807, 2.05) is 0 Å². The highest BCUT2D eigenvalue weighted by molar-refractivity contribution is 7.02. The van der Waals surface area contributed by atoms with Crippen LogP contribution in [0.5, 0.6) is 0 Å². The summed E-state index contributed by atoms with van der Waals surface area (Å²) in [5, 5.41) is 4.49. The maximum atomic E-state index is 2.46. The smallest absolute Gasteiger partial charge is 0.115 e. The molecule has 0 aliphatic rings. The Morgan fingerprint density at radius 1 is 0.850 bits per heavy atom. The molecule has 0 aliphatic heterocycles. The second-order valence-electron chi connectivity index (χ2n) is 6.03. The molecule has 1 nitrogen and oxygen atoms in total. The first kappa shape index (κ1) is 13.2. The van der Waals surface area contributed by atoms with Gasteiger partial charge in [0.2, 0.25) is 0 Å². The summed E-state index contributed by atoms with van der Waals surface area (Å²) in [5.41, 5.74) is 2.75. The van der Waals surface area contributed by atoms with Gasteiger partial charge in [-0.1, -0.05) is 66.8 Å². The van der Waals surface area contributed by atoms with Gasteiger partial charge in [0.15, 0.2) is 0 Å².